The third-order valence-corrected chi connectivity index (χ3v) is 3.40. The smallest absolute Gasteiger partial charge is 0.165 e. The van der Waals surface area contributed by atoms with E-state index in [1.807, 2.05) is 0 Å². The average Bonchev–Trinajstić information content (AvgIpc) is 3.08. The summed E-state index contributed by atoms with van der Waals surface area (Å²) in [5.74, 6) is 0.134. The first-order chi connectivity index (χ1) is 8.19. The molecule has 2 nitrogen and oxygen atoms in total. The van der Waals surface area contributed by atoms with E-state index in [0.29, 0.717) is 13.0 Å². The highest BCUT2D eigenvalue weighted by Gasteiger charge is 2.43. The Morgan fingerprint density at radius 1 is 1.47 bits per heavy atom. The highest BCUT2D eigenvalue weighted by molar-refractivity contribution is 6.17. The fourth-order valence-corrected chi connectivity index (χ4v) is 1.86. The molecule has 0 amide bonds. The van der Waals surface area contributed by atoms with Gasteiger partial charge in [-0.25, -0.2) is 4.39 Å². The lowest BCUT2D eigenvalue weighted by atomic mass is 10.1. The third-order valence-electron chi connectivity index (χ3n) is 3.10. The summed E-state index contributed by atoms with van der Waals surface area (Å²) in [5, 5.41) is 8.67. The summed E-state index contributed by atoms with van der Waals surface area (Å²) >= 11 is 5.61. The molecule has 0 aromatic heterocycles. The van der Waals surface area contributed by atoms with Gasteiger partial charge in [-0.2, -0.15) is 5.26 Å². The van der Waals surface area contributed by atoms with Gasteiger partial charge >= 0.3 is 0 Å². The maximum Gasteiger partial charge on any atom is 0.165 e. The number of nitriles is 1. The molecule has 1 fully saturated rings. The highest BCUT2D eigenvalue weighted by Crippen LogP contribution is 2.48. The van der Waals surface area contributed by atoms with Crippen molar-refractivity contribution in [2.75, 3.05) is 6.61 Å². The summed E-state index contributed by atoms with van der Waals surface area (Å²) in [4.78, 5) is 0. The Kier molecular flexibility index (Phi) is 3.54. The molecule has 2 rings (SSSR count). The minimum atomic E-state index is -0.393. The fraction of sp³-hybridized carbons (Fsp3) is 0.462. The molecule has 0 heterocycles. The molecular weight excluding hydrogens is 241 g/mol. The summed E-state index contributed by atoms with van der Waals surface area (Å²) in [6.45, 7) is 0.414. The van der Waals surface area contributed by atoms with Gasteiger partial charge in [0.05, 0.1) is 12.7 Å². The molecule has 1 saturated carbocycles. The van der Waals surface area contributed by atoms with E-state index >= 15 is 0 Å². The predicted octanol–water partition coefficient (Wildman–Crippen LogP) is 3.64. The van der Waals surface area contributed by atoms with E-state index in [-0.39, 0.29) is 17.0 Å². The predicted molar refractivity (Wildman–Crippen MR) is 63.3 cm³/mol. The molecule has 0 N–H and O–H groups in total. The van der Waals surface area contributed by atoms with Crippen molar-refractivity contribution in [3.63, 3.8) is 0 Å². The minimum absolute atomic E-state index is 0.0354. The number of rotatable bonds is 5. The Hall–Kier alpha value is -1.27. The van der Waals surface area contributed by atoms with Gasteiger partial charge in [0.2, 0.25) is 0 Å². The van der Waals surface area contributed by atoms with Crippen LogP contribution in [-0.2, 0) is 5.88 Å². The van der Waals surface area contributed by atoms with Gasteiger partial charge in [-0.05, 0) is 30.5 Å². The van der Waals surface area contributed by atoms with E-state index in [1.165, 1.54) is 6.07 Å². The Morgan fingerprint density at radius 3 is 2.76 bits per heavy atom. The lowest BCUT2D eigenvalue weighted by molar-refractivity contribution is 0.227. The molecule has 17 heavy (non-hydrogen) atoms. The molecule has 90 valence electrons. The fourth-order valence-electron chi connectivity index (χ4n) is 1.69. The van der Waals surface area contributed by atoms with Gasteiger partial charge in [-0.3, -0.25) is 0 Å². The average molecular weight is 254 g/mol. The van der Waals surface area contributed by atoms with Crippen LogP contribution in [0.15, 0.2) is 18.2 Å². The lowest BCUT2D eigenvalue weighted by Crippen LogP contribution is -2.13. The van der Waals surface area contributed by atoms with Crippen molar-refractivity contribution in [1.29, 1.82) is 5.26 Å². The number of halogens is 2. The molecule has 1 aromatic rings. The topological polar surface area (TPSA) is 33.0 Å². The van der Waals surface area contributed by atoms with Gasteiger partial charge in [0.15, 0.2) is 11.6 Å². The van der Waals surface area contributed by atoms with Crippen LogP contribution in [0.25, 0.3) is 0 Å². The zero-order valence-corrected chi connectivity index (χ0v) is 10.1. The van der Waals surface area contributed by atoms with Gasteiger partial charge in [0.1, 0.15) is 0 Å². The van der Waals surface area contributed by atoms with Crippen molar-refractivity contribution in [2.24, 2.45) is 5.41 Å². The minimum Gasteiger partial charge on any atom is -0.490 e. The number of hydrogen-bond acceptors (Lipinski definition) is 2. The Balaban J connectivity index is 1.98. The maximum atomic E-state index is 13.6. The Labute approximate surface area is 105 Å². The Morgan fingerprint density at radius 2 is 2.24 bits per heavy atom. The third kappa shape index (κ3) is 2.89. The standard InChI is InChI=1S/C13H13ClFNO/c14-8-10-1-2-12(11(15)7-10)17-9-13(3-4-13)5-6-16/h1-2,7H,3-5,8-9H2. The second kappa shape index (κ2) is 4.93. The van der Waals surface area contributed by atoms with Crippen molar-refractivity contribution < 1.29 is 9.13 Å². The van der Waals surface area contributed by atoms with E-state index in [0.717, 1.165) is 18.4 Å². The van der Waals surface area contributed by atoms with Gasteiger partial charge < -0.3 is 4.74 Å². The first-order valence-electron chi connectivity index (χ1n) is 5.53. The van der Waals surface area contributed by atoms with Crippen molar-refractivity contribution in [1.82, 2.24) is 0 Å². The van der Waals surface area contributed by atoms with Crippen LogP contribution < -0.4 is 4.74 Å². The zero-order chi connectivity index (χ0) is 12.3. The molecule has 1 aliphatic rings. The van der Waals surface area contributed by atoms with Gasteiger partial charge in [0, 0.05) is 17.7 Å². The molecular formula is C13H13ClFNO. The van der Waals surface area contributed by atoms with Crippen LogP contribution in [0.5, 0.6) is 5.75 Å². The normalized spacial score (nSPS) is 16.3. The van der Waals surface area contributed by atoms with Crippen molar-refractivity contribution in [3.05, 3.63) is 29.6 Å². The first kappa shape index (κ1) is 12.2. The van der Waals surface area contributed by atoms with Crippen molar-refractivity contribution in [3.8, 4) is 11.8 Å². The van der Waals surface area contributed by atoms with Gasteiger partial charge in [-0.1, -0.05) is 6.07 Å². The summed E-state index contributed by atoms with van der Waals surface area (Å²) in [5.41, 5.74) is 0.696. The SMILES string of the molecule is N#CCC1(COc2ccc(CCl)cc2F)CC1. The molecule has 0 bridgehead atoms. The van der Waals surface area contributed by atoms with E-state index in [4.69, 9.17) is 21.6 Å². The van der Waals surface area contributed by atoms with Crippen LogP contribution in [0, 0.1) is 22.6 Å². The largest absolute Gasteiger partial charge is 0.490 e. The summed E-state index contributed by atoms with van der Waals surface area (Å²) in [6.07, 6.45) is 2.46. The van der Waals surface area contributed by atoms with Crippen molar-refractivity contribution in [2.45, 2.75) is 25.1 Å². The summed E-state index contributed by atoms with van der Waals surface area (Å²) in [7, 11) is 0. The van der Waals surface area contributed by atoms with Gasteiger partial charge in [0.25, 0.3) is 0 Å². The van der Waals surface area contributed by atoms with Gasteiger partial charge in [-0.15, -0.1) is 11.6 Å². The zero-order valence-electron chi connectivity index (χ0n) is 9.38. The van der Waals surface area contributed by atoms with Crippen LogP contribution >= 0.6 is 11.6 Å². The second-order valence-corrected chi connectivity index (χ2v) is 4.79. The van der Waals surface area contributed by atoms with E-state index in [2.05, 4.69) is 6.07 Å². The molecule has 1 aromatic carbocycles. The number of benzene rings is 1. The molecule has 4 heteroatoms. The first-order valence-corrected chi connectivity index (χ1v) is 6.07. The monoisotopic (exact) mass is 253 g/mol. The van der Waals surface area contributed by atoms with Crippen LogP contribution in [0.2, 0.25) is 0 Å². The van der Waals surface area contributed by atoms with Crippen LogP contribution in [0.3, 0.4) is 0 Å². The number of nitrogens with zero attached hydrogens (tertiary/aromatic N) is 1. The molecule has 0 atom stereocenters. The van der Waals surface area contributed by atoms with Crippen LogP contribution in [0.1, 0.15) is 24.8 Å². The lowest BCUT2D eigenvalue weighted by Gasteiger charge is -2.13. The Bertz CT molecular complexity index is 451. The molecule has 0 spiro atoms. The van der Waals surface area contributed by atoms with Crippen molar-refractivity contribution >= 4 is 11.6 Å². The van der Waals surface area contributed by atoms with E-state index < -0.39 is 5.82 Å². The number of alkyl halides is 1. The summed E-state index contributed by atoms with van der Waals surface area (Å²) < 4.78 is 19.0. The van der Waals surface area contributed by atoms with Crippen LogP contribution in [-0.4, -0.2) is 6.61 Å². The molecule has 0 unspecified atom stereocenters. The number of hydrogen-bond donors (Lipinski definition) is 0. The molecule has 1 aliphatic carbocycles. The number of ether oxygens (including phenoxy) is 1. The van der Waals surface area contributed by atoms with Crippen LogP contribution in [0.4, 0.5) is 4.39 Å². The highest BCUT2D eigenvalue weighted by atomic mass is 35.5. The van der Waals surface area contributed by atoms with E-state index in [9.17, 15) is 4.39 Å². The van der Waals surface area contributed by atoms with E-state index in [1.54, 1.807) is 12.1 Å². The quantitative estimate of drug-likeness (QED) is 0.751. The second-order valence-electron chi connectivity index (χ2n) is 4.52. The molecule has 0 aliphatic heterocycles. The maximum absolute atomic E-state index is 13.6. The summed E-state index contributed by atoms with van der Waals surface area (Å²) in [6, 6.07) is 6.87. The molecule has 0 radical (unpaired) electrons. The molecule has 0 saturated heterocycles.